The number of benzene rings is 2. The zero-order valence-electron chi connectivity index (χ0n) is 25.5. The monoisotopic (exact) mass is 636 g/mol. The summed E-state index contributed by atoms with van der Waals surface area (Å²) in [5.74, 6) is -0.0402. The summed E-state index contributed by atoms with van der Waals surface area (Å²) < 4.78 is 53.6. The van der Waals surface area contributed by atoms with E-state index in [1.54, 1.807) is 0 Å². The van der Waals surface area contributed by atoms with Gasteiger partial charge in [0.05, 0.1) is 23.3 Å². The Labute approximate surface area is 255 Å². The molecule has 1 atom stereocenters. The number of rotatable bonds is 12. The van der Waals surface area contributed by atoms with Crippen molar-refractivity contribution in [3.8, 4) is 5.75 Å². The van der Waals surface area contributed by atoms with Crippen LogP contribution in [-0.4, -0.2) is 98.0 Å². The van der Waals surface area contributed by atoms with Gasteiger partial charge in [0, 0.05) is 36.2 Å². The number of sulfonamides is 2. The number of amides is 1. The fourth-order valence-electron chi connectivity index (χ4n) is 5.05. The number of aromatic amines is 1. The third kappa shape index (κ3) is 9.74. The molecule has 43 heavy (non-hydrogen) atoms. The Morgan fingerprint density at radius 2 is 1.91 bits per heavy atom. The maximum Gasteiger partial charge on any atom is 0.255 e. The van der Waals surface area contributed by atoms with E-state index in [0.29, 0.717) is 18.3 Å². The summed E-state index contributed by atoms with van der Waals surface area (Å²) in [5.41, 5.74) is 3.24. The molecule has 2 aromatic carbocycles. The number of nitrogens with two attached hydrogens (primary N) is 1. The fourth-order valence-corrected chi connectivity index (χ4v) is 6.35. The van der Waals surface area contributed by atoms with E-state index in [2.05, 4.69) is 31.7 Å². The number of aromatic nitrogens is 1. The van der Waals surface area contributed by atoms with Crippen molar-refractivity contribution in [1.29, 1.82) is 0 Å². The molecule has 2 heterocycles. The molecule has 0 bridgehead atoms. The van der Waals surface area contributed by atoms with Crippen molar-refractivity contribution >= 4 is 36.9 Å². The van der Waals surface area contributed by atoms with E-state index in [1.807, 2.05) is 38.5 Å². The predicted molar refractivity (Wildman–Crippen MR) is 169 cm³/mol. The highest BCUT2D eigenvalue weighted by Gasteiger charge is 2.24. The van der Waals surface area contributed by atoms with E-state index in [0.717, 1.165) is 55.4 Å². The predicted octanol–water partition coefficient (Wildman–Crippen LogP) is 1.88. The lowest BCUT2D eigenvalue weighted by atomic mass is 10.1. The Morgan fingerprint density at radius 3 is 2.53 bits per heavy atom. The van der Waals surface area contributed by atoms with E-state index in [-0.39, 0.29) is 22.1 Å². The summed E-state index contributed by atoms with van der Waals surface area (Å²) in [4.78, 5) is 20.0. The van der Waals surface area contributed by atoms with Gasteiger partial charge in [-0.1, -0.05) is 13.0 Å². The molecule has 0 radical (unpaired) electrons. The molecule has 4 rings (SSSR count). The number of ether oxygens (including phenoxy) is 1. The smallest absolute Gasteiger partial charge is 0.255 e. The lowest BCUT2D eigenvalue weighted by molar-refractivity contribution is 0.0938. The van der Waals surface area contributed by atoms with Gasteiger partial charge < -0.3 is 19.9 Å². The van der Waals surface area contributed by atoms with Crippen molar-refractivity contribution in [2.75, 3.05) is 54.4 Å². The number of hydrogen-bond acceptors (Lipinski definition) is 8. The zero-order valence-corrected chi connectivity index (χ0v) is 27.1. The van der Waals surface area contributed by atoms with Crippen LogP contribution in [0.5, 0.6) is 5.75 Å². The summed E-state index contributed by atoms with van der Waals surface area (Å²) in [6.45, 7) is 5.58. The molecule has 1 fully saturated rings. The molecule has 5 N–H and O–H groups in total. The van der Waals surface area contributed by atoms with Gasteiger partial charge in [-0.15, -0.1) is 0 Å². The molecule has 14 heteroatoms. The Kier molecular flexibility index (Phi) is 12.1. The standard InChI is InChI=1S/C15H23N3O4S.C14H21N3O2S/c1-3-18-8-4-5-11(18)10-17-15(19)13-9-12(23(16,20)21)6-7-14(13)22-2;1-15-20(18,19)10-11-4-5-14-13(8-11)12(9-16-14)6-7-17(2)3/h6-7,9,11H,3-5,8,10H2,1-2H3,(H,17,19)(H2,16,20,21);4-5,8-9,15-16H,6-7,10H2,1-3H3. The number of likely N-dealkylation sites (tertiary alicyclic amines) is 1. The first-order valence-electron chi connectivity index (χ1n) is 14.2. The fraction of sp³-hybridized carbons (Fsp3) is 0.483. The van der Waals surface area contributed by atoms with Crippen LogP contribution >= 0.6 is 0 Å². The number of carbonyl (C=O) groups excluding carboxylic acids is 1. The minimum Gasteiger partial charge on any atom is -0.496 e. The van der Waals surface area contributed by atoms with Gasteiger partial charge >= 0.3 is 0 Å². The average molecular weight is 637 g/mol. The first-order chi connectivity index (χ1) is 20.3. The van der Waals surface area contributed by atoms with Crippen LogP contribution in [0.25, 0.3) is 10.9 Å². The molecule has 12 nitrogen and oxygen atoms in total. The van der Waals surface area contributed by atoms with Crippen LogP contribution in [0.4, 0.5) is 0 Å². The second kappa shape index (κ2) is 15.1. The quantitative estimate of drug-likeness (QED) is 0.234. The molecule has 1 aromatic heterocycles. The normalized spacial score (nSPS) is 15.8. The number of methoxy groups -OCH3 is 1. The number of carbonyl (C=O) groups is 1. The molecule has 1 saturated heterocycles. The topological polar surface area (TPSA) is 167 Å². The largest absolute Gasteiger partial charge is 0.496 e. The molecular weight excluding hydrogens is 592 g/mol. The Hall–Kier alpha value is -3.01. The Morgan fingerprint density at radius 1 is 1.16 bits per heavy atom. The second-order valence-electron chi connectivity index (χ2n) is 10.8. The van der Waals surface area contributed by atoms with E-state index in [9.17, 15) is 21.6 Å². The number of primary sulfonamides is 1. The lowest BCUT2D eigenvalue weighted by Gasteiger charge is -2.23. The van der Waals surface area contributed by atoms with Crippen molar-refractivity contribution in [3.63, 3.8) is 0 Å². The number of likely N-dealkylation sites (N-methyl/N-ethyl adjacent to an activating group) is 2. The van der Waals surface area contributed by atoms with Gasteiger partial charge in [-0.25, -0.2) is 26.7 Å². The summed E-state index contributed by atoms with van der Waals surface area (Å²) >= 11 is 0. The van der Waals surface area contributed by atoms with Crippen molar-refractivity contribution in [2.45, 2.75) is 42.9 Å². The highest BCUT2D eigenvalue weighted by molar-refractivity contribution is 7.89. The molecular formula is C29H44N6O6S2. The van der Waals surface area contributed by atoms with Crippen LogP contribution < -0.4 is 19.9 Å². The number of H-pyrrole nitrogens is 1. The SMILES string of the molecule is CCN1CCCC1CNC(=O)c1cc(S(N)(=O)=O)ccc1OC.CNS(=O)(=O)Cc1ccc2[nH]cc(CCN(C)C)c2c1. The first-order valence-corrected chi connectivity index (χ1v) is 17.4. The van der Waals surface area contributed by atoms with Crippen LogP contribution in [0.3, 0.4) is 0 Å². The van der Waals surface area contributed by atoms with Crippen molar-refractivity contribution in [1.82, 2.24) is 24.8 Å². The van der Waals surface area contributed by atoms with Crippen LogP contribution in [0, 0.1) is 0 Å². The van der Waals surface area contributed by atoms with Crippen LogP contribution in [0.15, 0.2) is 47.5 Å². The van der Waals surface area contributed by atoms with Gasteiger partial charge in [0.25, 0.3) is 5.91 Å². The molecule has 1 aliphatic rings. The molecule has 0 aliphatic carbocycles. The Balaban J connectivity index is 0.000000238. The number of fused-ring (bicyclic) bond motifs is 1. The lowest BCUT2D eigenvalue weighted by Crippen LogP contribution is -2.40. The third-order valence-corrected chi connectivity index (χ3v) is 9.72. The van der Waals surface area contributed by atoms with Gasteiger partial charge in [-0.3, -0.25) is 9.69 Å². The van der Waals surface area contributed by atoms with Gasteiger partial charge in [0.15, 0.2) is 0 Å². The molecule has 0 spiro atoms. The maximum absolute atomic E-state index is 12.4. The molecule has 1 aliphatic heterocycles. The van der Waals surface area contributed by atoms with Gasteiger partial charge in [0.2, 0.25) is 20.0 Å². The maximum atomic E-state index is 12.4. The second-order valence-corrected chi connectivity index (χ2v) is 14.2. The van der Waals surface area contributed by atoms with Crippen molar-refractivity contribution in [2.24, 2.45) is 5.14 Å². The summed E-state index contributed by atoms with van der Waals surface area (Å²) in [7, 11) is -0.153. The molecule has 238 valence electrons. The van der Waals surface area contributed by atoms with Gasteiger partial charge in [0.1, 0.15) is 5.75 Å². The minimum atomic E-state index is -3.87. The minimum absolute atomic E-state index is 0.0116. The molecule has 1 unspecified atom stereocenters. The highest BCUT2D eigenvalue weighted by atomic mass is 32.2. The molecule has 3 aromatic rings. The summed E-state index contributed by atoms with van der Waals surface area (Å²) in [5, 5.41) is 9.09. The van der Waals surface area contributed by atoms with Gasteiger partial charge in [-0.05, 0) is 95.0 Å². The number of nitrogens with zero attached hydrogens (tertiary/aromatic N) is 2. The Bertz CT molecular complexity index is 1600. The van der Waals surface area contributed by atoms with Crippen molar-refractivity contribution in [3.05, 3.63) is 59.3 Å². The van der Waals surface area contributed by atoms with Crippen LogP contribution in [0.1, 0.15) is 41.3 Å². The van der Waals surface area contributed by atoms with Crippen molar-refractivity contribution < 1.29 is 26.4 Å². The number of hydrogen-bond donors (Lipinski definition) is 4. The zero-order chi connectivity index (χ0) is 31.8. The number of nitrogens with one attached hydrogen (secondary N) is 3. The van der Waals surface area contributed by atoms with E-state index < -0.39 is 20.0 Å². The van der Waals surface area contributed by atoms with E-state index in [1.165, 1.54) is 37.9 Å². The molecule has 1 amide bonds. The summed E-state index contributed by atoms with van der Waals surface area (Å²) in [6, 6.07) is 10.1. The summed E-state index contributed by atoms with van der Waals surface area (Å²) in [6.07, 6.45) is 5.11. The van der Waals surface area contributed by atoms with E-state index >= 15 is 0 Å². The first kappa shape index (κ1) is 34.5. The average Bonchev–Trinajstić information content (AvgIpc) is 3.60. The van der Waals surface area contributed by atoms with Crippen LogP contribution in [0.2, 0.25) is 0 Å². The third-order valence-electron chi connectivity index (χ3n) is 7.48. The van der Waals surface area contributed by atoms with Crippen LogP contribution in [-0.2, 0) is 32.2 Å². The van der Waals surface area contributed by atoms with E-state index in [4.69, 9.17) is 9.88 Å². The van der Waals surface area contributed by atoms with Gasteiger partial charge in [-0.2, -0.15) is 0 Å². The highest BCUT2D eigenvalue weighted by Crippen LogP contribution is 2.23. The molecule has 0 saturated carbocycles.